The third-order valence-corrected chi connectivity index (χ3v) is 7.85. The Morgan fingerprint density at radius 2 is 1.94 bits per heavy atom. The van der Waals surface area contributed by atoms with Gasteiger partial charge in [0.05, 0.1) is 4.91 Å². The number of aromatic nitrogens is 1. The molecule has 34 heavy (non-hydrogen) atoms. The Bertz CT molecular complexity index is 1130. The highest BCUT2D eigenvalue weighted by molar-refractivity contribution is 8.26. The van der Waals surface area contributed by atoms with Crippen molar-refractivity contribution in [3.63, 3.8) is 0 Å². The number of unbranched alkanes of at least 4 members (excludes halogenated alkanes) is 2. The lowest BCUT2D eigenvalue weighted by atomic mass is 9.97. The monoisotopic (exact) mass is 502 g/mol. The number of piperidine rings is 1. The Labute approximate surface area is 209 Å². The van der Waals surface area contributed by atoms with Crippen molar-refractivity contribution in [3.05, 3.63) is 31.9 Å². The van der Waals surface area contributed by atoms with Gasteiger partial charge in [0.15, 0.2) is 0 Å². The minimum atomic E-state index is -0.822. The molecule has 1 amide bonds. The summed E-state index contributed by atoms with van der Waals surface area (Å²) in [5.41, 5.74) is 1.02. The number of carboxylic acid groups (broad SMARTS) is 1. The first-order valence-electron chi connectivity index (χ1n) is 11.5. The molecule has 1 aromatic heterocycles. The third-order valence-electron chi connectivity index (χ3n) is 6.47. The van der Waals surface area contributed by atoms with Crippen molar-refractivity contribution in [3.8, 4) is 6.07 Å². The first-order chi connectivity index (χ1) is 16.1. The van der Waals surface area contributed by atoms with Crippen molar-refractivity contribution in [1.82, 2.24) is 9.47 Å². The molecule has 0 saturated carbocycles. The minimum absolute atomic E-state index is 0.0804. The maximum Gasteiger partial charge on any atom is 0.303 e. The van der Waals surface area contributed by atoms with Gasteiger partial charge in [-0.15, -0.1) is 0 Å². The van der Waals surface area contributed by atoms with Gasteiger partial charge in [-0.1, -0.05) is 37.3 Å². The number of carbonyl (C=O) groups excluding carboxylic acids is 1. The number of rotatable bonds is 8. The third kappa shape index (κ3) is 5.53. The summed E-state index contributed by atoms with van der Waals surface area (Å²) in [4.78, 5) is 40.9. The Morgan fingerprint density at radius 3 is 2.56 bits per heavy atom. The topological polar surface area (TPSA) is 107 Å². The Hall–Kier alpha value is -2.64. The van der Waals surface area contributed by atoms with Crippen LogP contribution in [0.4, 0.5) is 5.82 Å². The highest BCUT2D eigenvalue weighted by Gasteiger charge is 2.33. The number of hydrogen-bond acceptors (Lipinski definition) is 7. The van der Waals surface area contributed by atoms with E-state index in [0.717, 1.165) is 31.7 Å². The zero-order valence-corrected chi connectivity index (χ0v) is 21.4. The normalized spacial score (nSPS) is 18.1. The quantitative estimate of drug-likeness (QED) is 0.326. The number of amides is 1. The number of nitriles is 1. The molecule has 0 aliphatic carbocycles. The second kappa shape index (κ2) is 11.2. The number of nitrogens with zero attached hydrogens (tertiary/aromatic N) is 4. The van der Waals surface area contributed by atoms with Crippen LogP contribution in [0.1, 0.15) is 62.1 Å². The molecule has 1 N–H and O–H groups in total. The maximum absolute atomic E-state index is 13.1. The summed E-state index contributed by atoms with van der Waals surface area (Å²) in [6.45, 7) is 6.02. The number of pyridine rings is 1. The summed E-state index contributed by atoms with van der Waals surface area (Å²) in [6.07, 6.45) is 5.84. The molecule has 2 fully saturated rings. The van der Waals surface area contributed by atoms with Crippen molar-refractivity contribution in [2.24, 2.45) is 13.0 Å². The summed E-state index contributed by atoms with van der Waals surface area (Å²) in [5, 5.41) is 18.4. The average Bonchev–Trinajstić information content (AvgIpc) is 3.05. The molecule has 3 rings (SSSR count). The van der Waals surface area contributed by atoms with E-state index in [9.17, 15) is 19.6 Å². The summed E-state index contributed by atoms with van der Waals surface area (Å²) < 4.78 is 1.99. The summed E-state index contributed by atoms with van der Waals surface area (Å²) in [5.74, 6) is 0.324. The molecule has 8 nitrogen and oxygen atoms in total. The van der Waals surface area contributed by atoms with E-state index < -0.39 is 5.97 Å². The van der Waals surface area contributed by atoms with Gasteiger partial charge in [0, 0.05) is 38.7 Å². The molecule has 1 aromatic rings. The van der Waals surface area contributed by atoms with Crippen LogP contribution in [0.2, 0.25) is 0 Å². The van der Waals surface area contributed by atoms with Crippen LogP contribution in [0, 0.1) is 24.2 Å². The smallest absolute Gasteiger partial charge is 0.303 e. The molecule has 0 aromatic carbocycles. The van der Waals surface area contributed by atoms with Gasteiger partial charge in [0.25, 0.3) is 11.5 Å². The zero-order chi connectivity index (χ0) is 25.0. The van der Waals surface area contributed by atoms with E-state index in [1.807, 2.05) is 6.07 Å². The predicted octanol–water partition coefficient (Wildman–Crippen LogP) is 3.65. The van der Waals surface area contributed by atoms with Crippen LogP contribution in [0.3, 0.4) is 0 Å². The van der Waals surface area contributed by atoms with Crippen LogP contribution in [0.25, 0.3) is 6.08 Å². The Morgan fingerprint density at radius 1 is 1.26 bits per heavy atom. The molecule has 3 heterocycles. The molecule has 10 heteroatoms. The number of aliphatic carboxylic acids is 1. The van der Waals surface area contributed by atoms with Crippen LogP contribution in [-0.4, -0.2) is 50.4 Å². The van der Waals surface area contributed by atoms with Crippen molar-refractivity contribution < 1.29 is 14.7 Å². The molecule has 2 aliphatic heterocycles. The molecular formula is C24H30N4O4S2. The standard InChI is InChI=1S/C24H30N4O4S2/c1-15-8-11-27(12-9-15)21-17(16(2)18(14-25)22(31)26(21)3)13-19-23(32)28(24(33)34-19)10-6-4-5-7-20(29)30/h13,15H,4-12H2,1-3H3,(H,29,30)/b19-13+. The number of carbonyl (C=O) groups is 2. The van der Waals surface area contributed by atoms with Gasteiger partial charge >= 0.3 is 5.97 Å². The largest absolute Gasteiger partial charge is 0.481 e. The van der Waals surface area contributed by atoms with Crippen molar-refractivity contribution in [2.75, 3.05) is 24.5 Å². The SMILES string of the molecule is Cc1c(/C=C2/SC(=S)N(CCCCCC(=O)O)C2=O)c(N2CCC(C)CC2)n(C)c(=O)c1C#N. The zero-order valence-electron chi connectivity index (χ0n) is 19.8. The fourth-order valence-electron chi connectivity index (χ4n) is 4.36. The average molecular weight is 503 g/mol. The van der Waals surface area contributed by atoms with Crippen molar-refractivity contribution >= 4 is 52.1 Å². The predicted molar refractivity (Wildman–Crippen MR) is 138 cm³/mol. The lowest BCUT2D eigenvalue weighted by Gasteiger charge is -2.34. The summed E-state index contributed by atoms with van der Waals surface area (Å²) in [7, 11) is 1.68. The lowest BCUT2D eigenvalue weighted by molar-refractivity contribution is -0.137. The fourth-order valence-corrected chi connectivity index (χ4v) is 5.65. The van der Waals surface area contributed by atoms with E-state index in [2.05, 4.69) is 11.8 Å². The van der Waals surface area contributed by atoms with E-state index >= 15 is 0 Å². The van der Waals surface area contributed by atoms with Gasteiger partial charge in [-0.25, -0.2) is 0 Å². The molecule has 182 valence electrons. The summed E-state index contributed by atoms with van der Waals surface area (Å²) in [6, 6.07) is 2.03. The van der Waals surface area contributed by atoms with Crippen LogP contribution in [-0.2, 0) is 16.6 Å². The lowest BCUT2D eigenvalue weighted by Crippen LogP contribution is -2.38. The minimum Gasteiger partial charge on any atom is -0.481 e. The highest BCUT2D eigenvalue weighted by Crippen LogP contribution is 2.36. The van der Waals surface area contributed by atoms with Gasteiger partial charge in [-0.3, -0.25) is 23.9 Å². The molecule has 0 atom stereocenters. The van der Waals surface area contributed by atoms with Crippen LogP contribution in [0.5, 0.6) is 0 Å². The Balaban J connectivity index is 1.92. The van der Waals surface area contributed by atoms with E-state index in [1.54, 1.807) is 24.9 Å². The van der Waals surface area contributed by atoms with E-state index in [4.69, 9.17) is 17.3 Å². The second-order valence-electron chi connectivity index (χ2n) is 8.92. The van der Waals surface area contributed by atoms with Gasteiger partial charge < -0.3 is 10.0 Å². The van der Waals surface area contributed by atoms with Gasteiger partial charge in [0.2, 0.25) is 0 Å². The van der Waals surface area contributed by atoms with E-state index in [1.165, 1.54) is 16.3 Å². The van der Waals surface area contributed by atoms with Crippen LogP contribution in [0.15, 0.2) is 9.70 Å². The van der Waals surface area contributed by atoms with E-state index in [-0.39, 0.29) is 23.5 Å². The first kappa shape index (κ1) is 26.0. The number of anilines is 1. The number of hydrogen-bond donors (Lipinski definition) is 1. The van der Waals surface area contributed by atoms with Gasteiger partial charge in [-0.05, 0) is 50.2 Å². The van der Waals surface area contributed by atoms with Crippen molar-refractivity contribution in [2.45, 2.75) is 52.4 Å². The van der Waals surface area contributed by atoms with Crippen LogP contribution < -0.4 is 10.5 Å². The molecule has 0 radical (unpaired) electrons. The number of thiocarbonyl (C=S) groups is 1. The molecular weight excluding hydrogens is 472 g/mol. The number of thioether (sulfide) groups is 1. The molecule has 0 spiro atoms. The molecule has 2 aliphatic rings. The molecule has 0 bridgehead atoms. The van der Waals surface area contributed by atoms with Crippen LogP contribution >= 0.6 is 24.0 Å². The first-order valence-corrected chi connectivity index (χ1v) is 12.7. The van der Waals surface area contributed by atoms with Gasteiger partial charge in [-0.2, -0.15) is 5.26 Å². The molecule has 2 saturated heterocycles. The fraction of sp³-hybridized carbons (Fsp3) is 0.542. The number of carboxylic acids is 1. The van der Waals surface area contributed by atoms with Gasteiger partial charge in [0.1, 0.15) is 21.8 Å². The highest BCUT2D eigenvalue weighted by atomic mass is 32.2. The Kier molecular flexibility index (Phi) is 8.55. The van der Waals surface area contributed by atoms with E-state index in [0.29, 0.717) is 52.1 Å². The van der Waals surface area contributed by atoms with Crippen molar-refractivity contribution in [1.29, 1.82) is 5.26 Å². The summed E-state index contributed by atoms with van der Waals surface area (Å²) >= 11 is 6.66. The maximum atomic E-state index is 13.1. The second-order valence-corrected chi connectivity index (χ2v) is 10.6. The molecule has 0 unspecified atom stereocenters.